The number of carbonyl (C=O) groups excluding carboxylic acids is 2. The fourth-order valence-electron chi connectivity index (χ4n) is 1.47. The first-order valence-corrected chi connectivity index (χ1v) is 4.72. The summed E-state index contributed by atoms with van der Waals surface area (Å²) in [5.41, 5.74) is 1.64. The van der Waals surface area contributed by atoms with Crippen LogP contribution in [0, 0.1) is 0 Å². The molecule has 1 N–H and O–H groups in total. The van der Waals surface area contributed by atoms with Crippen LogP contribution >= 0.6 is 0 Å². The number of benzene rings is 1. The SMILES string of the molecule is CC(=O)Nc1cccc2c1nnn2C(C)=O. The van der Waals surface area contributed by atoms with Gasteiger partial charge in [0.15, 0.2) is 0 Å². The van der Waals surface area contributed by atoms with Crippen LogP contribution in [0.25, 0.3) is 11.0 Å². The van der Waals surface area contributed by atoms with Gasteiger partial charge in [0.1, 0.15) is 5.52 Å². The minimum atomic E-state index is -0.220. The van der Waals surface area contributed by atoms with E-state index in [2.05, 4.69) is 15.6 Å². The number of rotatable bonds is 1. The van der Waals surface area contributed by atoms with E-state index in [-0.39, 0.29) is 11.8 Å². The molecule has 6 nitrogen and oxygen atoms in total. The number of nitrogens with one attached hydrogen (secondary N) is 1. The molecule has 0 aliphatic rings. The van der Waals surface area contributed by atoms with Crippen molar-refractivity contribution < 1.29 is 9.59 Å². The third-order valence-electron chi connectivity index (χ3n) is 2.09. The highest BCUT2D eigenvalue weighted by Gasteiger charge is 2.11. The Labute approximate surface area is 91.2 Å². The molecule has 0 aliphatic heterocycles. The lowest BCUT2D eigenvalue weighted by Gasteiger charge is -2.01. The molecule has 0 fully saturated rings. The summed E-state index contributed by atoms with van der Waals surface area (Å²) in [5, 5.41) is 10.2. The summed E-state index contributed by atoms with van der Waals surface area (Å²) in [6.07, 6.45) is 0. The standard InChI is InChI=1S/C10H10N4O2/c1-6(15)11-8-4-3-5-9-10(8)12-13-14(9)7(2)16/h3-5H,1-2H3,(H,11,15). The zero-order chi connectivity index (χ0) is 11.7. The number of hydrogen-bond acceptors (Lipinski definition) is 4. The molecule has 0 unspecified atom stereocenters. The van der Waals surface area contributed by atoms with Crippen LogP contribution in [0.4, 0.5) is 5.69 Å². The Hall–Kier alpha value is -2.24. The molecule has 0 saturated carbocycles. The number of hydrogen-bond donors (Lipinski definition) is 1. The summed E-state index contributed by atoms with van der Waals surface area (Å²) in [5.74, 6) is -0.410. The second kappa shape index (κ2) is 3.73. The van der Waals surface area contributed by atoms with Gasteiger partial charge in [0.2, 0.25) is 11.8 Å². The summed E-state index contributed by atoms with van der Waals surface area (Å²) >= 11 is 0. The van der Waals surface area contributed by atoms with E-state index in [1.165, 1.54) is 18.5 Å². The van der Waals surface area contributed by atoms with Gasteiger partial charge in [-0.15, -0.1) is 5.10 Å². The Morgan fingerprint density at radius 1 is 1.31 bits per heavy atom. The van der Waals surface area contributed by atoms with Gasteiger partial charge in [-0.05, 0) is 12.1 Å². The molecule has 0 bridgehead atoms. The van der Waals surface area contributed by atoms with E-state index >= 15 is 0 Å². The van der Waals surface area contributed by atoms with Gasteiger partial charge >= 0.3 is 0 Å². The molecule has 1 aromatic carbocycles. The van der Waals surface area contributed by atoms with Crippen molar-refractivity contribution in [1.82, 2.24) is 15.0 Å². The van der Waals surface area contributed by atoms with Crippen molar-refractivity contribution in [2.75, 3.05) is 5.32 Å². The van der Waals surface area contributed by atoms with Gasteiger partial charge in [0.05, 0.1) is 11.2 Å². The molecule has 0 atom stereocenters. The van der Waals surface area contributed by atoms with E-state index in [1.807, 2.05) is 0 Å². The molecule has 1 aromatic heterocycles. The number of carbonyl (C=O) groups is 2. The largest absolute Gasteiger partial charge is 0.324 e. The molecular formula is C10H10N4O2. The van der Waals surface area contributed by atoms with Crippen molar-refractivity contribution in [2.45, 2.75) is 13.8 Å². The van der Waals surface area contributed by atoms with E-state index in [1.54, 1.807) is 18.2 Å². The molecule has 0 aliphatic carbocycles. The predicted molar refractivity (Wildman–Crippen MR) is 58.1 cm³/mol. The Bertz CT molecular complexity index is 573. The molecule has 0 radical (unpaired) electrons. The third-order valence-corrected chi connectivity index (χ3v) is 2.09. The lowest BCUT2D eigenvalue weighted by Crippen LogP contribution is -2.08. The van der Waals surface area contributed by atoms with E-state index < -0.39 is 0 Å². The van der Waals surface area contributed by atoms with Crippen LogP contribution in [0.15, 0.2) is 18.2 Å². The van der Waals surface area contributed by atoms with E-state index in [9.17, 15) is 9.59 Å². The minimum absolute atomic E-state index is 0.190. The third kappa shape index (κ3) is 1.65. The van der Waals surface area contributed by atoms with Crippen LogP contribution < -0.4 is 5.32 Å². The normalized spacial score (nSPS) is 10.4. The maximum absolute atomic E-state index is 11.2. The number of amides is 1. The minimum Gasteiger partial charge on any atom is -0.324 e. The van der Waals surface area contributed by atoms with Crippen LogP contribution in [-0.2, 0) is 4.79 Å². The monoisotopic (exact) mass is 218 g/mol. The summed E-state index contributed by atoms with van der Waals surface area (Å²) < 4.78 is 1.20. The quantitative estimate of drug-likeness (QED) is 0.776. The van der Waals surface area contributed by atoms with E-state index in [4.69, 9.17) is 0 Å². The van der Waals surface area contributed by atoms with Crippen molar-refractivity contribution >= 4 is 28.5 Å². The average Bonchev–Trinajstić information content (AvgIpc) is 2.61. The predicted octanol–water partition coefficient (Wildman–Crippen LogP) is 1.05. The smallest absolute Gasteiger partial charge is 0.245 e. The van der Waals surface area contributed by atoms with Gasteiger partial charge in [0.25, 0.3) is 0 Å². The van der Waals surface area contributed by atoms with Crippen molar-refractivity contribution in [1.29, 1.82) is 0 Å². The first-order chi connectivity index (χ1) is 7.59. The molecular weight excluding hydrogens is 208 g/mol. The number of aromatic nitrogens is 3. The van der Waals surface area contributed by atoms with Crippen LogP contribution in [0.5, 0.6) is 0 Å². The van der Waals surface area contributed by atoms with E-state index in [0.717, 1.165) is 0 Å². The van der Waals surface area contributed by atoms with Crippen molar-refractivity contribution in [3.05, 3.63) is 18.2 Å². The molecule has 16 heavy (non-hydrogen) atoms. The second-order valence-electron chi connectivity index (χ2n) is 3.37. The fraction of sp³-hybridized carbons (Fsp3) is 0.200. The van der Waals surface area contributed by atoms with Crippen LogP contribution in [0.3, 0.4) is 0 Å². The Morgan fingerprint density at radius 3 is 2.69 bits per heavy atom. The van der Waals surface area contributed by atoms with E-state index in [0.29, 0.717) is 16.7 Å². The fourth-order valence-corrected chi connectivity index (χ4v) is 1.47. The van der Waals surface area contributed by atoms with Crippen molar-refractivity contribution in [2.24, 2.45) is 0 Å². The van der Waals surface area contributed by atoms with Crippen LogP contribution in [0.1, 0.15) is 18.6 Å². The molecule has 0 spiro atoms. The zero-order valence-electron chi connectivity index (χ0n) is 8.89. The highest BCUT2D eigenvalue weighted by molar-refractivity contribution is 6.00. The first kappa shape index (κ1) is 10.3. The molecule has 82 valence electrons. The Morgan fingerprint density at radius 2 is 2.06 bits per heavy atom. The number of nitrogens with zero attached hydrogens (tertiary/aromatic N) is 3. The second-order valence-corrected chi connectivity index (χ2v) is 3.37. The summed E-state index contributed by atoms with van der Waals surface area (Å²) in [6, 6.07) is 5.17. The molecule has 1 amide bonds. The van der Waals surface area contributed by atoms with Crippen LogP contribution in [0.2, 0.25) is 0 Å². The van der Waals surface area contributed by atoms with Gasteiger partial charge in [-0.1, -0.05) is 11.3 Å². The molecule has 6 heteroatoms. The molecule has 2 aromatic rings. The van der Waals surface area contributed by atoms with Crippen LogP contribution in [-0.4, -0.2) is 26.8 Å². The summed E-state index contributed by atoms with van der Waals surface area (Å²) in [7, 11) is 0. The Balaban J connectivity index is 2.61. The lowest BCUT2D eigenvalue weighted by atomic mass is 10.2. The molecule has 2 rings (SSSR count). The number of anilines is 1. The lowest BCUT2D eigenvalue weighted by molar-refractivity contribution is -0.114. The van der Waals surface area contributed by atoms with Crippen molar-refractivity contribution in [3.63, 3.8) is 0 Å². The molecule has 1 heterocycles. The van der Waals surface area contributed by atoms with Crippen molar-refractivity contribution in [3.8, 4) is 0 Å². The highest BCUT2D eigenvalue weighted by atomic mass is 16.2. The molecule has 0 saturated heterocycles. The van der Waals surface area contributed by atoms with Gasteiger partial charge in [-0.25, -0.2) is 0 Å². The van der Waals surface area contributed by atoms with Gasteiger partial charge in [-0.2, -0.15) is 4.68 Å². The summed E-state index contributed by atoms with van der Waals surface area (Å²) in [4.78, 5) is 22.2. The maximum Gasteiger partial charge on any atom is 0.245 e. The average molecular weight is 218 g/mol. The highest BCUT2D eigenvalue weighted by Crippen LogP contribution is 2.20. The Kier molecular flexibility index (Phi) is 2.40. The van der Waals surface area contributed by atoms with Gasteiger partial charge in [0, 0.05) is 13.8 Å². The van der Waals surface area contributed by atoms with Gasteiger partial charge < -0.3 is 5.32 Å². The topological polar surface area (TPSA) is 76.9 Å². The zero-order valence-corrected chi connectivity index (χ0v) is 8.89. The maximum atomic E-state index is 11.2. The summed E-state index contributed by atoms with van der Waals surface area (Å²) in [6.45, 7) is 2.81. The first-order valence-electron chi connectivity index (χ1n) is 4.72. The number of fused-ring (bicyclic) bond motifs is 1. The van der Waals surface area contributed by atoms with Gasteiger partial charge in [-0.3, -0.25) is 9.59 Å².